The standard InChI is InChI=1S/C50H33NO/c1-4-13-34(14-5-1)36-27-29-42(30-28-36)51(41-17-8-3-9-18-41)46-21-12-22-47-50(46)49-44-20-11-10-19-43(44)45(33-48(49)52-47)40-26-25-38-31-37(23-24-39(38)32-40)35-15-6-2-7-16-35/h1-33H. The second kappa shape index (κ2) is 12.5. The topological polar surface area (TPSA) is 16.4 Å². The molecule has 0 aliphatic carbocycles. The fourth-order valence-corrected chi connectivity index (χ4v) is 7.75. The van der Waals surface area contributed by atoms with Gasteiger partial charge in [-0.05, 0) is 110 Å². The van der Waals surface area contributed by atoms with Crippen LogP contribution in [0.4, 0.5) is 17.1 Å². The van der Waals surface area contributed by atoms with Crippen molar-refractivity contribution >= 4 is 60.5 Å². The van der Waals surface area contributed by atoms with Crippen LogP contribution in [0.1, 0.15) is 0 Å². The van der Waals surface area contributed by atoms with Gasteiger partial charge in [0.15, 0.2) is 0 Å². The molecule has 10 aromatic rings. The fourth-order valence-electron chi connectivity index (χ4n) is 7.75. The Bertz CT molecular complexity index is 2870. The van der Waals surface area contributed by atoms with Crippen LogP contribution in [0.15, 0.2) is 205 Å². The average Bonchev–Trinajstić information content (AvgIpc) is 3.61. The summed E-state index contributed by atoms with van der Waals surface area (Å²) < 4.78 is 6.79. The summed E-state index contributed by atoms with van der Waals surface area (Å²) in [4.78, 5) is 2.35. The maximum Gasteiger partial charge on any atom is 0.137 e. The quantitative estimate of drug-likeness (QED) is 0.176. The fraction of sp³-hybridized carbons (Fsp3) is 0. The SMILES string of the molecule is c1ccc(-c2ccc(N(c3ccccc3)c3cccc4oc5cc(-c6ccc7cc(-c8ccccc8)ccc7c6)c6ccccc6c5c34)cc2)cc1. The second-order valence-corrected chi connectivity index (χ2v) is 13.3. The largest absolute Gasteiger partial charge is 0.456 e. The van der Waals surface area contributed by atoms with Crippen LogP contribution in [0.2, 0.25) is 0 Å². The molecule has 244 valence electrons. The van der Waals surface area contributed by atoms with E-state index in [2.05, 4.69) is 205 Å². The van der Waals surface area contributed by atoms with Gasteiger partial charge in [-0.15, -0.1) is 0 Å². The number of furan rings is 1. The minimum atomic E-state index is 0.864. The van der Waals surface area contributed by atoms with E-state index >= 15 is 0 Å². The van der Waals surface area contributed by atoms with E-state index in [0.717, 1.165) is 44.6 Å². The average molecular weight is 664 g/mol. The molecule has 9 aromatic carbocycles. The first-order valence-corrected chi connectivity index (χ1v) is 17.8. The molecular formula is C50H33NO. The van der Waals surface area contributed by atoms with Gasteiger partial charge in [-0.2, -0.15) is 0 Å². The van der Waals surface area contributed by atoms with Crippen molar-refractivity contribution in [3.8, 4) is 33.4 Å². The van der Waals surface area contributed by atoms with Crippen molar-refractivity contribution in [3.63, 3.8) is 0 Å². The third-order valence-electron chi connectivity index (χ3n) is 10.2. The molecule has 0 saturated carbocycles. The molecule has 2 heteroatoms. The highest BCUT2D eigenvalue weighted by molar-refractivity contribution is 6.25. The zero-order valence-electron chi connectivity index (χ0n) is 28.4. The lowest BCUT2D eigenvalue weighted by molar-refractivity contribution is 0.669. The molecule has 0 aliphatic heterocycles. The maximum absolute atomic E-state index is 6.79. The zero-order chi connectivity index (χ0) is 34.4. The smallest absolute Gasteiger partial charge is 0.137 e. The van der Waals surface area contributed by atoms with Gasteiger partial charge < -0.3 is 9.32 Å². The van der Waals surface area contributed by atoms with Crippen LogP contribution in [-0.2, 0) is 0 Å². The zero-order valence-corrected chi connectivity index (χ0v) is 28.4. The number of para-hydroxylation sites is 1. The summed E-state index contributed by atoms with van der Waals surface area (Å²) >= 11 is 0. The number of hydrogen-bond acceptors (Lipinski definition) is 2. The Morgan fingerprint density at radius 3 is 1.58 bits per heavy atom. The third kappa shape index (κ3) is 5.12. The van der Waals surface area contributed by atoms with Crippen LogP contribution in [0, 0.1) is 0 Å². The Balaban J connectivity index is 1.15. The molecule has 0 aliphatic rings. The van der Waals surface area contributed by atoms with E-state index in [1.165, 1.54) is 49.4 Å². The molecule has 0 saturated heterocycles. The van der Waals surface area contributed by atoms with Crippen molar-refractivity contribution in [3.05, 3.63) is 200 Å². The van der Waals surface area contributed by atoms with Crippen molar-refractivity contribution in [1.29, 1.82) is 0 Å². The van der Waals surface area contributed by atoms with Crippen molar-refractivity contribution in [2.24, 2.45) is 0 Å². The van der Waals surface area contributed by atoms with Gasteiger partial charge in [-0.25, -0.2) is 0 Å². The molecular weight excluding hydrogens is 631 g/mol. The van der Waals surface area contributed by atoms with E-state index in [-0.39, 0.29) is 0 Å². The number of nitrogens with zero attached hydrogens (tertiary/aromatic N) is 1. The van der Waals surface area contributed by atoms with Crippen LogP contribution in [0.5, 0.6) is 0 Å². The van der Waals surface area contributed by atoms with Crippen LogP contribution in [0.3, 0.4) is 0 Å². The highest BCUT2D eigenvalue weighted by atomic mass is 16.3. The summed E-state index contributed by atoms with van der Waals surface area (Å²) in [5.74, 6) is 0. The maximum atomic E-state index is 6.79. The minimum absolute atomic E-state index is 0.864. The van der Waals surface area contributed by atoms with E-state index < -0.39 is 0 Å². The lowest BCUT2D eigenvalue weighted by Gasteiger charge is -2.26. The Morgan fingerprint density at radius 1 is 0.327 bits per heavy atom. The second-order valence-electron chi connectivity index (χ2n) is 13.3. The summed E-state index contributed by atoms with van der Waals surface area (Å²) in [6.07, 6.45) is 0. The van der Waals surface area contributed by atoms with Gasteiger partial charge in [0.05, 0.1) is 11.1 Å². The normalized spacial score (nSPS) is 11.5. The molecule has 0 radical (unpaired) electrons. The van der Waals surface area contributed by atoms with Gasteiger partial charge >= 0.3 is 0 Å². The molecule has 1 aromatic heterocycles. The predicted molar refractivity (Wildman–Crippen MR) is 220 cm³/mol. The van der Waals surface area contributed by atoms with Crippen LogP contribution < -0.4 is 4.90 Å². The molecule has 0 unspecified atom stereocenters. The molecule has 0 amide bonds. The molecule has 0 bridgehead atoms. The monoisotopic (exact) mass is 663 g/mol. The van der Waals surface area contributed by atoms with Gasteiger partial charge in [-0.1, -0.05) is 146 Å². The highest BCUT2D eigenvalue weighted by Gasteiger charge is 2.22. The molecule has 10 rings (SSSR count). The van der Waals surface area contributed by atoms with E-state index in [4.69, 9.17) is 4.42 Å². The number of hydrogen-bond donors (Lipinski definition) is 0. The van der Waals surface area contributed by atoms with Crippen molar-refractivity contribution in [2.45, 2.75) is 0 Å². The highest BCUT2D eigenvalue weighted by Crippen LogP contribution is 2.47. The van der Waals surface area contributed by atoms with E-state index in [9.17, 15) is 0 Å². The first kappa shape index (κ1) is 30.0. The van der Waals surface area contributed by atoms with Crippen LogP contribution >= 0.6 is 0 Å². The van der Waals surface area contributed by atoms with Gasteiger partial charge in [0.1, 0.15) is 11.2 Å². The molecule has 0 spiro atoms. The van der Waals surface area contributed by atoms with Crippen molar-refractivity contribution in [1.82, 2.24) is 0 Å². The summed E-state index contributed by atoms with van der Waals surface area (Å²) in [5, 5.41) is 7.04. The van der Waals surface area contributed by atoms with Crippen LogP contribution in [0.25, 0.3) is 76.9 Å². The summed E-state index contributed by atoms with van der Waals surface area (Å²) in [5.41, 5.74) is 12.2. The van der Waals surface area contributed by atoms with E-state index in [1.807, 2.05) is 0 Å². The first-order valence-electron chi connectivity index (χ1n) is 17.8. The molecule has 0 atom stereocenters. The third-order valence-corrected chi connectivity index (χ3v) is 10.2. The first-order chi connectivity index (χ1) is 25.8. The molecule has 0 fully saturated rings. The van der Waals surface area contributed by atoms with Gasteiger partial charge in [0.2, 0.25) is 0 Å². The predicted octanol–water partition coefficient (Wildman–Crippen LogP) is 14.4. The number of anilines is 3. The van der Waals surface area contributed by atoms with E-state index in [0.29, 0.717) is 0 Å². The summed E-state index contributed by atoms with van der Waals surface area (Å²) in [6.45, 7) is 0. The Morgan fingerprint density at radius 2 is 0.865 bits per heavy atom. The van der Waals surface area contributed by atoms with Gasteiger partial charge in [0, 0.05) is 16.8 Å². The number of fused-ring (bicyclic) bond motifs is 6. The summed E-state index contributed by atoms with van der Waals surface area (Å²) in [7, 11) is 0. The Kier molecular flexibility index (Phi) is 7.18. The number of rotatable bonds is 6. The lowest BCUT2D eigenvalue weighted by Crippen LogP contribution is -2.10. The van der Waals surface area contributed by atoms with Gasteiger partial charge in [-0.3, -0.25) is 0 Å². The van der Waals surface area contributed by atoms with E-state index in [1.54, 1.807) is 0 Å². The molecule has 1 heterocycles. The Labute approximate surface area is 302 Å². The lowest BCUT2D eigenvalue weighted by atomic mass is 9.92. The number of benzene rings is 9. The molecule has 0 N–H and O–H groups in total. The molecule has 2 nitrogen and oxygen atoms in total. The Hall–Kier alpha value is -6.90. The van der Waals surface area contributed by atoms with Crippen molar-refractivity contribution < 1.29 is 4.42 Å². The van der Waals surface area contributed by atoms with Crippen molar-refractivity contribution in [2.75, 3.05) is 4.90 Å². The van der Waals surface area contributed by atoms with Gasteiger partial charge in [0.25, 0.3) is 0 Å². The molecule has 52 heavy (non-hydrogen) atoms. The summed E-state index contributed by atoms with van der Waals surface area (Å²) in [6, 6.07) is 71.5. The van der Waals surface area contributed by atoms with Crippen LogP contribution in [-0.4, -0.2) is 0 Å². The minimum Gasteiger partial charge on any atom is -0.456 e.